The van der Waals surface area contributed by atoms with Crippen molar-refractivity contribution in [1.29, 1.82) is 0 Å². The maximum atomic E-state index is 12.4. The summed E-state index contributed by atoms with van der Waals surface area (Å²) in [6.45, 7) is -0.483. The number of hydrogen-bond donors (Lipinski definition) is 4. The van der Waals surface area contributed by atoms with Gasteiger partial charge in [0.15, 0.2) is 13.2 Å². The Bertz CT molecular complexity index is 972. The van der Waals surface area contributed by atoms with Crippen LogP contribution in [0, 0.1) is 11.8 Å². The van der Waals surface area contributed by atoms with E-state index in [4.69, 9.17) is 9.47 Å². The Hall–Kier alpha value is -3.12. The molecule has 1 saturated carbocycles. The molecule has 1 aliphatic rings. The van der Waals surface area contributed by atoms with Crippen molar-refractivity contribution in [2.75, 3.05) is 13.2 Å². The van der Waals surface area contributed by atoms with Crippen molar-refractivity contribution < 1.29 is 28.7 Å². The molecule has 4 N–H and O–H groups in total. The van der Waals surface area contributed by atoms with Crippen LogP contribution in [0.1, 0.15) is 25.7 Å². The first-order valence-corrected chi connectivity index (χ1v) is 12.8. The molecule has 4 amide bonds. The molecule has 192 valence electrons. The third-order valence-corrected chi connectivity index (χ3v) is 6.54. The molecular formula is C24H26Br2N4O6. The van der Waals surface area contributed by atoms with Crippen molar-refractivity contribution >= 4 is 55.5 Å². The van der Waals surface area contributed by atoms with Crippen LogP contribution in [0.2, 0.25) is 0 Å². The summed E-state index contributed by atoms with van der Waals surface area (Å²) in [6.07, 6.45) is 1.93. The molecule has 10 nitrogen and oxygen atoms in total. The van der Waals surface area contributed by atoms with E-state index in [1.165, 1.54) is 0 Å². The van der Waals surface area contributed by atoms with E-state index in [1.807, 2.05) is 0 Å². The Morgan fingerprint density at radius 3 is 1.28 bits per heavy atom. The van der Waals surface area contributed by atoms with Crippen LogP contribution >= 0.6 is 31.9 Å². The fourth-order valence-corrected chi connectivity index (χ4v) is 4.04. The van der Waals surface area contributed by atoms with E-state index in [0.717, 1.165) is 8.95 Å². The van der Waals surface area contributed by atoms with Gasteiger partial charge in [0.1, 0.15) is 11.5 Å². The van der Waals surface area contributed by atoms with Gasteiger partial charge in [0.25, 0.3) is 11.8 Å². The van der Waals surface area contributed by atoms with Crippen LogP contribution in [-0.2, 0) is 19.2 Å². The fraction of sp³-hybridized carbons (Fsp3) is 0.333. The SMILES string of the molecule is O=C(COc1ccc(Br)cc1)NNC(=O)C1CCC(C(=O)NNC(=O)COc2ccc(Br)cc2)CC1. The third kappa shape index (κ3) is 9.15. The van der Waals surface area contributed by atoms with Crippen molar-refractivity contribution in [3.63, 3.8) is 0 Å². The molecule has 0 aromatic heterocycles. The van der Waals surface area contributed by atoms with E-state index in [2.05, 4.69) is 53.6 Å². The predicted octanol–water partition coefficient (Wildman–Crippen LogP) is 2.77. The molecule has 0 saturated heterocycles. The number of amides is 4. The quantitative estimate of drug-likeness (QED) is 0.333. The number of nitrogens with one attached hydrogen (secondary N) is 4. The van der Waals surface area contributed by atoms with E-state index in [9.17, 15) is 19.2 Å². The van der Waals surface area contributed by atoms with Crippen LogP contribution in [0.15, 0.2) is 57.5 Å². The molecule has 0 unspecified atom stereocenters. The lowest BCUT2D eigenvalue weighted by Crippen LogP contribution is -2.48. The van der Waals surface area contributed by atoms with Gasteiger partial charge in [-0.2, -0.15) is 0 Å². The summed E-state index contributed by atoms with van der Waals surface area (Å²) in [5, 5.41) is 0. The van der Waals surface area contributed by atoms with Crippen molar-refractivity contribution in [2.45, 2.75) is 25.7 Å². The van der Waals surface area contributed by atoms with E-state index in [1.54, 1.807) is 48.5 Å². The smallest absolute Gasteiger partial charge is 0.276 e. The summed E-state index contributed by atoms with van der Waals surface area (Å²) in [5.41, 5.74) is 9.51. The lowest BCUT2D eigenvalue weighted by Gasteiger charge is -2.27. The Morgan fingerprint density at radius 2 is 0.944 bits per heavy atom. The standard InChI is InChI=1S/C24H26Br2N4O6/c25-17-5-9-19(10-6-17)35-13-21(31)27-29-23(33)15-1-2-16(4-3-15)24(34)30-28-22(32)14-36-20-11-7-18(26)8-12-20/h5-12,15-16H,1-4,13-14H2,(H,27,31)(H,28,32)(H,29,33)(H,30,34). The number of ether oxygens (including phenoxy) is 2. The topological polar surface area (TPSA) is 135 Å². The minimum Gasteiger partial charge on any atom is -0.484 e. The van der Waals surface area contributed by atoms with Gasteiger partial charge in [-0.3, -0.25) is 40.9 Å². The highest BCUT2D eigenvalue weighted by atomic mass is 79.9. The minimum absolute atomic E-state index is 0.241. The Kier molecular flexibility index (Phi) is 10.6. The Labute approximate surface area is 225 Å². The summed E-state index contributed by atoms with van der Waals surface area (Å²) in [7, 11) is 0. The van der Waals surface area contributed by atoms with E-state index in [-0.39, 0.29) is 36.9 Å². The molecular weight excluding hydrogens is 600 g/mol. The number of halogens is 2. The van der Waals surface area contributed by atoms with Gasteiger partial charge in [-0.25, -0.2) is 0 Å². The summed E-state index contributed by atoms with van der Waals surface area (Å²) in [6, 6.07) is 14.0. The zero-order chi connectivity index (χ0) is 25.9. The van der Waals surface area contributed by atoms with Gasteiger partial charge < -0.3 is 9.47 Å². The first-order valence-electron chi connectivity index (χ1n) is 11.2. The second-order valence-corrected chi connectivity index (χ2v) is 9.94. The van der Waals surface area contributed by atoms with Crippen molar-refractivity contribution in [2.24, 2.45) is 11.8 Å². The van der Waals surface area contributed by atoms with Crippen molar-refractivity contribution in [3.8, 4) is 11.5 Å². The molecule has 0 atom stereocenters. The number of carbonyl (C=O) groups is 4. The first-order chi connectivity index (χ1) is 17.3. The second kappa shape index (κ2) is 13.8. The molecule has 0 radical (unpaired) electrons. The summed E-state index contributed by atoms with van der Waals surface area (Å²) >= 11 is 6.63. The van der Waals surface area contributed by atoms with Crippen molar-refractivity contribution in [3.05, 3.63) is 57.5 Å². The first kappa shape index (κ1) is 27.5. The van der Waals surface area contributed by atoms with Gasteiger partial charge in [-0.05, 0) is 74.2 Å². The molecule has 1 aliphatic carbocycles. The number of hydrogen-bond acceptors (Lipinski definition) is 6. The monoisotopic (exact) mass is 624 g/mol. The average molecular weight is 626 g/mol. The van der Waals surface area contributed by atoms with Gasteiger partial charge in [-0.15, -0.1) is 0 Å². The molecule has 3 rings (SSSR count). The lowest BCUT2D eigenvalue weighted by molar-refractivity contribution is -0.135. The maximum Gasteiger partial charge on any atom is 0.276 e. The fourth-order valence-electron chi connectivity index (χ4n) is 3.52. The Morgan fingerprint density at radius 1 is 0.611 bits per heavy atom. The van der Waals surface area contributed by atoms with E-state index < -0.39 is 11.8 Å². The molecule has 0 aliphatic heterocycles. The van der Waals surface area contributed by atoms with Gasteiger partial charge in [0.2, 0.25) is 11.8 Å². The third-order valence-electron chi connectivity index (χ3n) is 5.49. The van der Waals surface area contributed by atoms with Crippen LogP contribution in [0.3, 0.4) is 0 Å². The molecule has 1 fully saturated rings. The maximum absolute atomic E-state index is 12.4. The molecule has 12 heteroatoms. The van der Waals surface area contributed by atoms with Crippen LogP contribution < -0.4 is 31.2 Å². The van der Waals surface area contributed by atoms with Crippen LogP contribution in [0.5, 0.6) is 11.5 Å². The number of rotatable bonds is 8. The highest BCUT2D eigenvalue weighted by molar-refractivity contribution is 9.10. The average Bonchev–Trinajstić information content (AvgIpc) is 2.89. The lowest BCUT2D eigenvalue weighted by atomic mass is 9.81. The van der Waals surface area contributed by atoms with Gasteiger partial charge in [-0.1, -0.05) is 31.9 Å². The minimum atomic E-state index is -0.487. The predicted molar refractivity (Wildman–Crippen MR) is 137 cm³/mol. The van der Waals surface area contributed by atoms with Crippen LogP contribution in [-0.4, -0.2) is 36.8 Å². The summed E-state index contributed by atoms with van der Waals surface area (Å²) < 4.78 is 12.5. The van der Waals surface area contributed by atoms with Gasteiger partial charge in [0, 0.05) is 20.8 Å². The highest BCUT2D eigenvalue weighted by Gasteiger charge is 2.30. The molecule has 2 aromatic carbocycles. The second-order valence-electron chi connectivity index (χ2n) is 8.11. The summed E-state index contributed by atoms with van der Waals surface area (Å²) in [5.74, 6) is -1.19. The van der Waals surface area contributed by atoms with Crippen LogP contribution in [0.25, 0.3) is 0 Å². The number of carbonyl (C=O) groups excluding carboxylic acids is 4. The molecule has 2 aromatic rings. The van der Waals surface area contributed by atoms with Crippen molar-refractivity contribution in [1.82, 2.24) is 21.7 Å². The molecule has 0 bridgehead atoms. The molecule has 0 spiro atoms. The zero-order valence-electron chi connectivity index (χ0n) is 19.2. The highest BCUT2D eigenvalue weighted by Crippen LogP contribution is 2.29. The number of benzene rings is 2. The van der Waals surface area contributed by atoms with Gasteiger partial charge in [0.05, 0.1) is 0 Å². The molecule has 0 heterocycles. The van der Waals surface area contributed by atoms with E-state index in [0.29, 0.717) is 37.2 Å². The van der Waals surface area contributed by atoms with Gasteiger partial charge >= 0.3 is 0 Å². The Balaban J connectivity index is 1.28. The normalized spacial score (nSPS) is 16.8. The number of hydrazine groups is 2. The molecule has 36 heavy (non-hydrogen) atoms. The van der Waals surface area contributed by atoms with Crippen LogP contribution in [0.4, 0.5) is 0 Å². The largest absolute Gasteiger partial charge is 0.484 e. The zero-order valence-corrected chi connectivity index (χ0v) is 22.4. The summed E-state index contributed by atoms with van der Waals surface area (Å²) in [4.78, 5) is 48.6. The van der Waals surface area contributed by atoms with E-state index >= 15 is 0 Å².